The Bertz CT molecular complexity index is 3090. The molecule has 83 heavy (non-hydrogen) atoms. The fourth-order valence-corrected chi connectivity index (χ4v) is 10.6. The molecule has 1 aliphatic heterocycles. The minimum Gasteiger partial charge on any atom is -0.489 e. The van der Waals surface area contributed by atoms with Gasteiger partial charge in [-0.3, -0.25) is 14.6 Å². The first-order valence-corrected chi connectivity index (χ1v) is 29.8. The van der Waals surface area contributed by atoms with Gasteiger partial charge in [-0.1, -0.05) is 95.6 Å². The number of para-hydroxylation sites is 4. The van der Waals surface area contributed by atoms with Gasteiger partial charge in [-0.25, -0.2) is 20.8 Å². The number of hydrogen-bond donors (Lipinski definition) is 4. The Morgan fingerprint density at radius 1 is 0.735 bits per heavy atom. The van der Waals surface area contributed by atoms with Crippen molar-refractivity contribution < 1.29 is 38.3 Å². The van der Waals surface area contributed by atoms with Crippen molar-refractivity contribution in [2.24, 2.45) is 11.6 Å². The number of rotatable bonds is 36. The van der Waals surface area contributed by atoms with E-state index in [0.717, 1.165) is 101 Å². The third kappa shape index (κ3) is 19.9. The van der Waals surface area contributed by atoms with E-state index in [1.807, 2.05) is 85.8 Å². The number of aryl methyl sites for hydroxylation is 1. The summed E-state index contributed by atoms with van der Waals surface area (Å²) in [6.07, 6.45) is 2.56. The molecule has 6 N–H and O–H groups in total. The first-order chi connectivity index (χ1) is 40.5. The van der Waals surface area contributed by atoms with Gasteiger partial charge in [-0.15, -0.1) is 0 Å². The van der Waals surface area contributed by atoms with Crippen LogP contribution < -0.4 is 26.4 Å². The Balaban J connectivity index is 0.627. The molecule has 8 rings (SSSR count). The summed E-state index contributed by atoms with van der Waals surface area (Å²) in [5, 5.41) is 17.6. The fraction of sp³-hybridized carbons (Fsp3) is 0.410. The zero-order valence-electron chi connectivity index (χ0n) is 47.4. The van der Waals surface area contributed by atoms with Crippen LogP contribution in [0.3, 0.4) is 0 Å². The number of carboxylic acids is 1. The summed E-state index contributed by atoms with van der Waals surface area (Å²) >= 11 is 14.0. The number of hydrogen-bond acceptors (Lipinski definition) is 18. The third-order valence-electron chi connectivity index (χ3n) is 13.8. The second-order valence-corrected chi connectivity index (χ2v) is 22.0. The van der Waals surface area contributed by atoms with Gasteiger partial charge >= 0.3 is 5.97 Å². The molecule has 19 nitrogen and oxygen atoms in total. The molecule has 1 fully saturated rings. The van der Waals surface area contributed by atoms with Crippen molar-refractivity contribution in [3.8, 4) is 11.5 Å². The van der Waals surface area contributed by atoms with E-state index in [1.54, 1.807) is 10.8 Å². The number of thioether (sulfide) groups is 1. The van der Waals surface area contributed by atoms with Gasteiger partial charge in [0.05, 0.1) is 101 Å². The van der Waals surface area contributed by atoms with E-state index in [2.05, 4.69) is 68.4 Å². The number of fused-ring (bicyclic) bond motifs is 2. The zero-order valence-corrected chi connectivity index (χ0v) is 49.7. The second-order valence-electron chi connectivity index (χ2n) is 20.0. The molecule has 0 unspecified atom stereocenters. The van der Waals surface area contributed by atoms with Crippen molar-refractivity contribution in [1.29, 1.82) is 0 Å². The van der Waals surface area contributed by atoms with Crippen LogP contribution in [0.5, 0.6) is 11.5 Å². The Hall–Kier alpha value is -6.27. The highest BCUT2D eigenvalue weighted by Gasteiger charge is 2.27. The van der Waals surface area contributed by atoms with Crippen molar-refractivity contribution in [1.82, 2.24) is 39.2 Å². The number of benzene rings is 5. The Labute approximate surface area is 500 Å². The first kappa shape index (κ1) is 62.8. The molecular formula is C61H77Cl2N11O8S. The zero-order chi connectivity index (χ0) is 58.2. The molecule has 0 radical (unpaired) electrons. The number of carboxylic acid groups (broad SMARTS) is 1. The fourth-order valence-electron chi connectivity index (χ4n) is 9.56. The van der Waals surface area contributed by atoms with Crippen molar-refractivity contribution >= 4 is 68.7 Å². The summed E-state index contributed by atoms with van der Waals surface area (Å²) < 4.78 is 36.8. The molecular weight excluding hydrogens is 1120 g/mol. The summed E-state index contributed by atoms with van der Waals surface area (Å²) in [6, 6.07) is 37.8. The van der Waals surface area contributed by atoms with Crippen LogP contribution in [0.15, 0.2) is 132 Å². The number of nitrogens with zero attached hydrogens (tertiary/aromatic N) is 8. The van der Waals surface area contributed by atoms with Crippen LogP contribution in [0, 0.1) is 6.92 Å². The maximum absolute atomic E-state index is 11.5. The number of piperazine rings is 1. The number of halogens is 2. The molecule has 1 saturated heterocycles. The summed E-state index contributed by atoms with van der Waals surface area (Å²) in [4.78, 5) is 33.5. The van der Waals surface area contributed by atoms with Gasteiger partial charge in [0.1, 0.15) is 24.8 Å². The highest BCUT2D eigenvalue weighted by molar-refractivity contribution is 7.99. The molecule has 0 atom stereocenters. The lowest BCUT2D eigenvalue weighted by Gasteiger charge is -2.39. The minimum absolute atomic E-state index is 0.0939. The molecule has 5 aromatic carbocycles. The molecule has 3 heterocycles. The molecule has 7 aromatic rings. The van der Waals surface area contributed by atoms with Gasteiger partial charge in [0.25, 0.3) is 0 Å². The molecule has 0 spiro atoms. The van der Waals surface area contributed by atoms with Crippen LogP contribution in [0.1, 0.15) is 35.0 Å². The number of anilines is 1. The lowest BCUT2D eigenvalue weighted by Crippen LogP contribution is -2.47. The van der Waals surface area contributed by atoms with Gasteiger partial charge in [0.2, 0.25) is 0 Å². The van der Waals surface area contributed by atoms with Crippen molar-refractivity contribution in [3.63, 3.8) is 0 Å². The van der Waals surface area contributed by atoms with E-state index in [9.17, 15) is 9.90 Å². The van der Waals surface area contributed by atoms with Gasteiger partial charge < -0.3 is 59.1 Å². The number of nitrogens with two attached hydrogens (primary N) is 2. The highest BCUT2D eigenvalue weighted by Crippen LogP contribution is 2.34. The molecule has 444 valence electrons. The second kappa shape index (κ2) is 33.3. The Kier molecular flexibility index (Phi) is 25.2. The number of imidazole rings is 1. The lowest BCUT2D eigenvalue weighted by atomic mass is 9.96. The van der Waals surface area contributed by atoms with Crippen LogP contribution in [0.25, 0.3) is 21.9 Å². The number of aromatic nitrogens is 4. The SMILES string of the molecule is Cc1cccc(OC/C(N)=C/N(N)CCOCCOCCOCCOCCN(C)CCCNc2nc(CN3CCN(C(c4ccc(Cl)cc4)c4ccc(Cl)cc4)CC3)nc3ccccc23)c1OCCSc1nc2ccccc2n1CC(=O)O. The maximum Gasteiger partial charge on any atom is 0.323 e. The molecule has 0 saturated carbocycles. The maximum atomic E-state index is 11.5. The normalized spacial score (nSPS) is 13.4. The average Bonchev–Trinajstić information content (AvgIpc) is 4.06. The van der Waals surface area contributed by atoms with Gasteiger partial charge in [-0.05, 0) is 98.2 Å². The predicted molar refractivity (Wildman–Crippen MR) is 328 cm³/mol. The van der Waals surface area contributed by atoms with Crippen LogP contribution in [0.4, 0.5) is 5.82 Å². The first-order valence-electron chi connectivity index (χ1n) is 28.1. The van der Waals surface area contributed by atoms with Crippen LogP contribution in [0.2, 0.25) is 10.0 Å². The summed E-state index contributed by atoms with van der Waals surface area (Å²) in [6.45, 7) is 13.2. The van der Waals surface area contributed by atoms with E-state index in [1.165, 1.54) is 27.9 Å². The minimum atomic E-state index is -0.932. The summed E-state index contributed by atoms with van der Waals surface area (Å²) in [5.41, 5.74) is 12.5. The Morgan fingerprint density at radius 3 is 2.04 bits per heavy atom. The van der Waals surface area contributed by atoms with Crippen LogP contribution in [-0.2, 0) is 36.8 Å². The Morgan fingerprint density at radius 2 is 1.36 bits per heavy atom. The highest BCUT2D eigenvalue weighted by atomic mass is 35.5. The molecule has 0 bridgehead atoms. The van der Waals surface area contributed by atoms with E-state index in [4.69, 9.17) is 73.2 Å². The smallest absolute Gasteiger partial charge is 0.323 e. The molecule has 1 aliphatic rings. The largest absolute Gasteiger partial charge is 0.489 e. The number of ether oxygens (including phenoxy) is 6. The topological polar surface area (TPSA) is 213 Å². The summed E-state index contributed by atoms with van der Waals surface area (Å²) in [5.74, 6) is 8.61. The number of carbonyl (C=O) groups is 1. The quantitative estimate of drug-likeness (QED) is 0.0125. The number of likely N-dealkylation sites (N-methyl/N-ethyl adjacent to an activating group) is 1. The van der Waals surface area contributed by atoms with Gasteiger partial charge in [0, 0.05) is 66.7 Å². The molecule has 0 amide bonds. The van der Waals surface area contributed by atoms with Crippen LogP contribution >= 0.6 is 35.0 Å². The van der Waals surface area contributed by atoms with Gasteiger partial charge in [0.15, 0.2) is 16.7 Å². The van der Waals surface area contributed by atoms with Crippen molar-refractivity contribution in [2.45, 2.75) is 37.6 Å². The summed E-state index contributed by atoms with van der Waals surface area (Å²) in [7, 11) is 2.11. The monoisotopic (exact) mass is 1190 g/mol. The molecule has 2 aromatic heterocycles. The standard InChI is InChI=1S/C61H77Cl2N11O8S/c1-45-9-7-14-55(59(45)81-39-40-83-61-68-53-12-5-6-13-54(53)74(61)43-57(75)76)82-44-50(64)41-73(65)30-32-78-34-36-80-38-37-79-35-33-77-31-29-70(2)24-8-23-66-60-51-10-3-4-11-52(51)67-56(69-60)42-71-25-27-72(28-26-71)58(46-15-19-48(62)20-16-46)47-17-21-49(63)22-18-47/h3-7,9-22,41,58H,8,23-40,42-44,64-65H2,1-2H3,(H,75,76)(H,66,67,69)/b50-41-. The van der Waals surface area contributed by atoms with E-state index >= 15 is 0 Å². The van der Waals surface area contributed by atoms with Crippen LogP contribution in [-0.4, -0.2) is 182 Å². The van der Waals surface area contributed by atoms with Crippen molar-refractivity contribution in [3.05, 3.63) is 160 Å². The number of hydrazine groups is 1. The van der Waals surface area contributed by atoms with E-state index < -0.39 is 5.97 Å². The van der Waals surface area contributed by atoms with Crippen molar-refractivity contribution in [2.75, 3.05) is 137 Å². The average molecular weight is 1200 g/mol. The predicted octanol–water partition coefficient (Wildman–Crippen LogP) is 8.61. The van der Waals surface area contributed by atoms with Gasteiger partial charge in [-0.2, -0.15) is 0 Å². The third-order valence-corrected chi connectivity index (χ3v) is 15.2. The van der Waals surface area contributed by atoms with E-state index in [-0.39, 0.29) is 19.2 Å². The lowest BCUT2D eigenvalue weighted by molar-refractivity contribution is -0.137. The number of aliphatic carboxylic acids is 1. The van der Waals surface area contributed by atoms with E-state index in [0.29, 0.717) is 101 Å². The molecule has 22 heteroatoms. The molecule has 0 aliphatic carbocycles. The number of nitrogens with one attached hydrogen (secondary N) is 1.